The number of nitrogens with zero attached hydrogens (tertiary/aromatic N) is 2. The summed E-state index contributed by atoms with van der Waals surface area (Å²) >= 11 is 0. The highest BCUT2D eigenvalue weighted by Crippen LogP contribution is 2.16. The molecule has 0 aliphatic heterocycles. The van der Waals surface area contributed by atoms with Gasteiger partial charge in [0, 0.05) is 17.8 Å². The molecule has 5 nitrogen and oxygen atoms in total. The van der Waals surface area contributed by atoms with E-state index in [1.165, 1.54) is 0 Å². The number of aryl methyl sites for hydroxylation is 2. The van der Waals surface area contributed by atoms with Crippen LogP contribution < -0.4 is 11.1 Å². The van der Waals surface area contributed by atoms with Crippen LogP contribution in [0.4, 0.5) is 0 Å². The zero-order chi connectivity index (χ0) is 17.7. The summed E-state index contributed by atoms with van der Waals surface area (Å²) in [7, 11) is 0. The number of amides is 1. The molecule has 0 aliphatic rings. The van der Waals surface area contributed by atoms with Crippen LogP contribution in [-0.2, 0) is 6.54 Å². The molecule has 5 heteroatoms. The molecule has 3 N–H and O–H groups in total. The van der Waals surface area contributed by atoms with E-state index in [0.29, 0.717) is 18.7 Å². The number of benzene rings is 1. The van der Waals surface area contributed by atoms with Gasteiger partial charge in [-0.05, 0) is 50.5 Å². The first-order valence-electron chi connectivity index (χ1n) is 8.55. The quantitative estimate of drug-likeness (QED) is 0.821. The topological polar surface area (TPSA) is 72.9 Å². The summed E-state index contributed by atoms with van der Waals surface area (Å²) in [6.45, 7) is 9.22. The van der Waals surface area contributed by atoms with Crippen LogP contribution in [0.25, 0.3) is 0 Å². The number of hydrogen-bond donors (Lipinski definition) is 2. The van der Waals surface area contributed by atoms with Crippen molar-refractivity contribution in [2.24, 2.45) is 5.73 Å². The third kappa shape index (κ3) is 4.03. The summed E-state index contributed by atoms with van der Waals surface area (Å²) < 4.78 is 1.95. The van der Waals surface area contributed by atoms with Gasteiger partial charge in [0.25, 0.3) is 5.91 Å². The van der Waals surface area contributed by atoms with Crippen molar-refractivity contribution in [1.29, 1.82) is 0 Å². The predicted molar refractivity (Wildman–Crippen MR) is 97.1 cm³/mol. The third-order valence-corrected chi connectivity index (χ3v) is 4.75. The highest BCUT2D eigenvalue weighted by molar-refractivity contribution is 5.94. The molecule has 1 heterocycles. The van der Waals surface area contributed by atoms with Crippen molar-refractivity contribution in [1.82, 2.24) is 15.1 Å². The average Bonchev–Trinajstić information content (AvgIpc) is 2.90. The summed E-state index contributed by atoms with van der Waals surface area (Å²) in [5.74, 6) is -0.0700. The molecule has 0 bridgehead atoms. The van der Waals surface area contributed by atoms with Gasteiger partial charge in [0.15, 0.2) is 0 Å². The minimum Gasteiger partial charge on any atom is -0.345 e. The number of hydrogen-bond acceptors (Lipinski definition) is 3. The maximum absolute atomic E-state index is 12.6. The Hall–Kier alpha value is -2.14. The third-order valence-electron chi connectivity index (χ3n) is 4.75. The zero-order valence-corrected chi connectivity index (χ0v) is 15.1. The monoisotopic (exact) mass is 328 g/mol. The van der Waals surface area contributed by atoms with E-state index in [-0.39, 0.29) is 11.4 Å². The molecule has 1 aromatic heterocycles. The van der Waals surface area contributed by atoms with Gasteiger partial charge in [-0.1, -0.05) is 26.0 Å². The standard InChI is InChI=1S/C19H28N4O/c1-5-19(6-2,13-20)21-18(24)17-9-7-8-16(11-17)12-23-15(4)10-14(3)22-23/h7-11H,5-6,12-13,20H2,1-4H3,(H,21,24). The fourth-order valence-electron chi connectivity index (χ4n) is 2.90. The summed E-state index contributed by atoms with van der Waals surface area (Å²) in [6, 6.07) is 9.75. The summed E-state index contributed by atoms with van der Waals surface area (Å²) in [4.78, 5) is 12.6. The minimum absolute atomic E-state index is 0.0700. The number of aromatic nitrogens is 2. The molecule has 0 radical (unpaired) electrons. The van der Waals surface area contributed by atoms with E-state index < -0.39 is 0 Å². The number of rotatable bonds is 7. The van der Waals surface area contributed by atoms with Crippen molar-refractivity contribution in [3.63, 3.8) is 0 Å². The molecule has 1 amide bonds. The second-order valence-electron chi connectivity index (χ2n) is 6.43. The van der Waals surface area contributed by atoms with Crippen molar-refractivity contribution in [2.45, 2.75) is 52.6 Å². The van der Waals surface area contributed by atoms with Gasteiger partial charge in [-0.15, -0.1) is 0 Å². The molecule has 2 aromatic rings. The van der Waals surface area contributed by atoms with Crippen molar-refractivity contribution >= 4 is 5.91 Å². The number of carbonyl (C=O) groups is 1. The molecule has 0 unspecified atom stereocenters. The lowest BCUT2D eigenvalue weighted by Gasteiger charge is -2.31. The van der Waals surface area contributed by atoms with E-state index in [2.05, 4.69) is 30.3 Å². The molecule has 1 aromatic carbocycles. The summed E-state index contributed by atoms with van der Waals surface area (Å²) in [5.41, 5.74) is 9.38. The van der Waals surface area contributed by atoms with Crippen LogP contribution in [0, 0.1) is 13.8 Å². The SMILES string of the molecule is CCC(CC)(CN)NC(=O)c1cccc(Cn2nc(C)cc2C)c1. The van der Waals surface area contributed by atoms with Gasteiger partial charge in [0.1, 0.15) is 0 Å². The minimum atomic E-state index is -0.331. The smallest absolute Gasteiger partial charge is 0.251 e. The fraction of sp³-hybridized carbons (Fsp3) is 0.474. The molecule has 0 saturated heterocycles. The Balaban J connectivity index is 2.17. The highest BCUT2D eigenvalue weighted by Gasteiger charge is 2.26. The largest absolute Gasteiger partial charge is 0.345 e. The van der Waals surface area contributed by atoms with Crippen LogP contribution in [-0.4, -0.2) is 27.8 Å². The maximum atomic E-state index is 12.6. The molecule has 130 valence electrons. The van der Waals surface area contributed by atoms with Crippen LogP contribution >= 0.6 is 0 Å². The maximum Gasteiger partial charge on any atom is 0.251 e. The van der Waals surface area contributed by atoms with E-state index in [9.17, 15) is 4.79 Å². The summed E-state index contributed by atoms with van der Waals surface area (Å²) in [5, 5.41) is 7.59. The van der Waals surface area contributed by atoms with E-state index >= 15 is 0 Å². The van der Waals surface area contributed by atoms with Gasteiger partial charge in [-0.2, -0.15) is 5.10 Å². The Morgan fingerprint density at radius 1 is 1.25 bits per heavy atom. The van der Waals surface area contributed by atoms with Crippen LogP contribution in [0.2, 0.25) is 0 Å². The predicted octanol–water partition coefficient (Wildman–Crippen LogP) is 2.80. The molecular weight excluding hydrogens is 300 g/mol. The number of nitrogens with one attached hydrogen (secondary N) is 1. The molecule has 0 fully saturated rings. The van der Waals surface area contributed by atoms with E-state index in [4.69, 9.17) is 5.73 Å². The molecule has 0 aliphatic carbocycles. The van der Waals surface area contributed by atoms with Gasteiger partial charge in [-0.25, -0.2) is 0 Å². The van der Waals surface area contributed by atoms with Crippen LogP contribution in [0.15, 0.2) is 30.3 Å². The fourth-order valence-corrected chi connectivity index (χ4v) is 2.90. The van der Waals surface area contributed by atoms with E-state index in [1.54, 1.807) is 0 Å². The van der Waals surface area contributed by atoms with Gasteiger partial charge >= 0.3 is 0 Å². The first-order chi connectivity index (χ1) is 11.4. The van der Waals surface area contributed by atoms with Crippen molar-refractivity contribution < 1.29 is 4.79 Å². The average molecular weight is 328 g/mol. The lowest BCUT2D eigenvalue weighted by Crippen LogP contribution is -2.52. The second-order valence-corrected chi connectivity index (χ2v) is 6.43. The van der Waals surface area contributed by atoms with Gasteiger partial charge in [0.05, 0.1) is 17.8 Å². The zero-order valence-electron chi connectivity index (χ0n) is 15.1. The Morgan fingerprint density at radius 2 is 1.96 bits per heavy atom. The molecular formula is C19H28N4O. The first kappa shape index (κ1) is 18.2. The first-order valence-corrected chi connectivity index (χ1v) is 8.55. The number of nitrogens with two attached hydrogens (primary N) is 1. The molecule has 0 saturated carbocycles. The second kappa shape index (κ2) is 7.62. The van der Waals surface area contributed by atoms with Crippen molar-refractivity contribution in [3.8, 4) is 0 Å². The Bertz CT molecular complexity index is 693. The Morgan fingerprint density at radius 3 is 2.50 bits per heavy atom. The normalized spacial score (nSPS) is 11.5. The lowest BCUT2D eigenvalue weighted by atomic mass is 9.92. The van der Waals surface area contributed by atoms with E-state index in [0.717, 1.165) is 29.8 Å². The van der Waals surface area contributed by atoms with Gasteiger partial charge in [0.2, 0.25) is 0 Å². The Labute approximate surface area is 144 Å². The molecule has 0 atom stereocenters. The molecule has 24 heavy (non-hydrogen) atoms. The Kier molecular flexibility index (Phi) is 5.78. The molecule has 0 spiro atoms. The van der Waals surface area contributed by atoms with Crippen LogP contribution in [0.1, 0.15) is 54.0 Å². The van der Waals surface area contributed by atoms with Crippen LogP contribution in [0.3, 0.4) is 0 Å². The number of carbonyl (C=O) groups excluding carboxylic acids is 1. The lowest BCUT2D eigenvalue weighted by molar-refractivity contribution is 0.0895. The van der Waals surface area contributed by atoms with Crippen LogP contribution in [0.5, 0.6) is 0 Å². The van der Waals surface area contributed by atoms with Crippen molar-refractivity contribution in [2.75, 3.05) is 6.54 Å². The van der Waals surface area contributed by atoms with E-state index in [1.807, 2.05) is 42.8 Å². The van der Waals surface area contributed by atoms with Gasteiger partial charge in [-0.3, -0.25) is 9.48 Å². The van der Waals surface area contributed by atoms with Gasteiger partial charge < -0.3 is 11.1 Å². The van der Waals surface area contributed by atoms with Crippen molar-refractivity contribution in [3.05, 3.63) is 52.8 Å². The molecule has 2 rings (SSSR count). The summed E-state index contributed by atoms with van der Waals surface area (Å²) in [6.07, 6.45) is 1.63. The highest BCUT2D eigenvalue weighted by atomic mass is 16.1.